The molecule has 0 radical (unpaired) electrons. The summed E-state index contributed by atoms with van der Waals surface area (Å²) in [6, 6.07) is 6.72. The fourth-order valence-corrected chi connectivity index (χ4v) is 2.50. The number of rotatable bonds is 14. The highest BCUT2D eigenvalue weighted by Gasteiger charge is 2.09. The van der Waals surface area contributed by atoms with E-state index in [9.17, 15) is 9.59 Å². The van der Waals surface area contributed by atoms with Crippen molar-refractivity contribution in [1.82, 2.24) is 0 Å². The topological polar surface area (TPSA) is 72.8 Å². The Morgan fingerprint density at radius 2 is 1.46 bits per heavy atom. The summed E-state index contributed by atoms with van der Waals surface area (Å²) in [6.45, 7) is 6.21. The maximum Gasteiger partial charge on any atom is 0.339 e. The number of para-hydroxylation sites is 1. The van der Waals surface area contributed by atoms with Crippen LogP contribution in [0.3, 0.4) is 0 Å². The van der Waals surface area contributed by atoms with E-state index in [2.05, 4.69) is 6.58 Å². The second-order valence-electron chi connectivity index (χ2n) is 6.39. The Kier molecular flexibility index (Phi) is 10.9. The second kappa shape index (κ2) is 13.0. The summed E-state index contributed by atoms with van der Waals surface area (Å²) in [5, 5.41) is 9.09. The summed E-state index contributed by atoms with van der Waals surface area (Å²) < 4.78 is 10.6. The molecule has 0 bridgehead atoms. The van der Waals surface area contributed by atoms with E-state index in [-0.39, 0.29) is 11.5 Å². The van der Waals surface area contributed by atoms with Crippen LogP contribution in [0.4, 0.5) is 0 Å². The molecule has 0 aliphatic rings. The number of carboxylic acid groups (broad SMARTS) is 1. The highest BCUT2D eigenvalue weighted by Crippen LogP contribution is 2.18. The number of benzene rings is 1. The van der Waals surface area contributed by atoms with Gasteiger partial charge in [0, 0.05) is 5.57 Å². The average Bonchev–Trinajstić information content (AvgIpc) is 2.62. The minimum Gasteiger partial charge on any atom is -0.493 e. The first-order chi connectivity index (χ1) is 12.5. The lowest BCUT2D eigenvalue weighted by atomic mass is 10.1. The van der Waals surface area contributed by atoms with Crippen molar-refractivity contribution in [3.63, 3.8) is 0 Å². The lowest BCUT2D eigenvalue weighted by molar-refractivity contribution is -0.139. The number of carbonyl (C=O) groups is 2. The van der Waals surface area contributed by atoms with Crippen molar-refractivity contribution < 1.29 is 24.2 Å². The van der Waals surface area contributed by atoms with E-state index < -0.39 is 5.97 Å². The number of unbranched alkanes of at least 4 members (excludes halogenated alkanes) is 7. The van der Waals surface area contributed by atoms with E-state index in [1.807, 2.05) is 0 Å². The van der Waals surface area contributed by atoms with Gasteiger partial charge < -0.3 is 14.6 Å². The Bertz CT molecular complexity index is 580. The third-order valence-corrected chi connectivity index (χ3v) is 4.00. The predicted molar refractivity (Wildman–Crippen MR) is 102 cm³/mol. The van der Waals surface area contributed by atoms with Gasteiger partial charge in [0.2, 0.25) is 0 Å². The zero-order valence-electron chi connectivity index (χ0n) is 15.7. The number of carbonyl (C=O) groups excluding carboxylic acids is 1. The summed E-state index contributed by atoms with van der Waals surface area (Å²) in [7, 11) is 0. The van der Waals surface area contributed by atoms with E-state index in [0.29, 0.717) is 24.5 Å². The standard InChI is InChI=1S/C21H30O5/c1-17(2)21(24)26-16-12-8-6-4-3-5-7-11-15-25-19-14-10-9-13-18(19)20(22)23/h9-10,13-14H,1,3-8,11-12,15-16H2,2H3,(H,22,23). The van der Waals surface area contributed by atoms with E-state index in [1.165, 1.54) is 12.8 Å². The molecule has 0 aromatic heterocycles. The van der Waals surface area contributed by atoms with Crippen LogP contribution in [0.2, 0.25) is 0 Å². The molecule has 0 unspecified atom stereocenters. The molecule has 1 N–H and O–H groups in total. The summed E-state index contributed by atoms with van der Waals surface area (Å²) in [5.41, 5.74) is 0.654. The van der Waals surface area contributed by atoms with Crippen LogP contribution in [0.5, 0.6) is 5.75 Å². The Hall–Kier alpha value is -2.30. The number of aromatic carboxylic acids is 1. The van der Waals surface area contributed by atoms with Crippen molar-refractivity contribution in [2.24, 2.45) is 0 Å². The summed E-state index contributed by atoms with van der Waals surface area (Å²) in [5.74, 6) is -0.833. The zero-order valence-corrected chi connectivity index (χ0v) is 15.7. The number of ether oxygens (including phenoxy) is 2. The Labute approximate surface area is 156 Å². The minimum absolute atomic E-state index is 0.210. The van der Waals surface area contributed by atoms with Crippen LogP contribution >= 0.6 is 0 Å². The largest absolute Gasteiger partial charge is 0.493 e. The molecule has 0 fully saturated rings. The molecule has 144 valence electrons. The summed E-state index contributed by atoms with van der Waals surface area (Å²) >= 11 is 0. The fourth-order valence-electron chi connectivity index (χ4n) is 2.50. The smallest absolute Gasteiger partial charge is 0.339 e. The molecular formula is C21H30O5. The molecule has 26 heavy (non-hydrogen) atoms. The van der Waals surface area contributed by atoms with Crippen LogP contribution in [-0.2, 0) is 9.53 Å². The number of esters is 1. The molecule has 0 spiro atoms. The third-order valence-electron chi connectivity index (χ3n) is 4.00. The quantitative estimate of drug-likeness (QED) is 0.286. The fraction of sp³-hybridized carbons (Fsp3) is 0.524. The molecule has 1 aromatic rings. The number of hydrogen-bond acceptors (Lipinski definition) is 4. The molecule has 0 atom stereocenters. The van der Waals surface area contributed by atoms with E-state index in [4.69, 9.17) is 14.6 Å². The molecule has 0 aliphatic heterocycles. The van der Waals surface area contributed by atoms with E-state index >= 15 is 0 Å². The van der Waals surface area contributed by atoms with Crippen molar-refractivity contribution in [2.45, 2.75) is 58.3 Å². The number of carboxylic acids is 1. The molecule has 0 saturated carbocycles. The number of hydrogen-bond donors (Lipinski definition) is 1. The lowest BCUT2D eigenvalue weighted by Crippen LogP contribution is -2.06. The van der Waals surface area contributed by atoms with Gasteiger partial charge in [-0.3, -0.25) is 0 Å². The van der Waals surface area contributed by atoms with Crippen molar-refractivity contribution in [3.05, 3.63) is 42.0 Å². The molecule has 5 nitrogen and oxygen atoms in total. The molecule has 1 rings (SSSR count). The van der Waals surface area contributed by atoms with Gasteiger partial charge in [-0.25, -0.2) is 9.59 Å². The van der Waals surface area contributed by atoms with Crippen LogP contribution in [0.15, 0.2) is 36.4 Å². The first-order valence-electron chi connectivity index (χ1n) is 9.30. The molecular weight excluding hydrogens is 332 g/mol. The Balaban J connectivity index is 1.95. The SMILES string of the molecule is C=C(C)C(=O)OCCCCCCCCCCOc1ccccc1C(=O)O. The van der Waals surface area contributed by atoms with Crippen LogP contribution in [-0.4, -0.2) is 30.3 Å². The lowest BCUT2D eigenvalue weighted by Gasteiger charge is -2.08. The van der Waals surface area contributed by atoms with E-state index in [1.54, 1.807) is 31.2 Å². The molecule has 5 heteroatoms. The monoisotopic (exact) mass is 362 g/mol. The van der Waals surface area contributed by atoms with Gasteiger partial charge in [0.25, 0.3) is 0 Å². The highest BCUT2D eigenvalue weighted by atomic mass is 16.5. The Morgan fingerprint density at radius 1 is 0.923 bits per heavy atom. The molecule has 0 saturated heterocycles. The van der Waals surface area contributed by atoms with Gasteiger partial charge in [-0.1, -0.05) is 57.2 Å². The van der Waals surface area contributed by atoms with Crippen molar-refractivity contribution >= 4 is 11.9 Å². The average molecular weight is 362 g/mol. The van der Waals surface area contributed by atoms with Gasteiger partial charge in [-0.2, -0.15) is 0 Å². The van der Waals surface area contributed by atoms with Crippen molar-refractivity contribution in [2.75, 3.05) is 13.2 Å². The van der Waals surface area contributed by atoms with Gasteiger partial charge in [0.15, 0.2) is 0 Å². The molecule has 1 aromatic carbocycles. The van der Waals surface area contributed by atoms with Crippen LogP contribution in [0.1, 0.15) is 68.6 Å². The van der Waals surface area contributed by atoms with Gasteiger partial charge >= 0.3 is 11.9 Å². The maximum atomic E-state index is 11.2. The molecule has 0 aliphatic carbocycles. The predicted octanol–water partition coefficient (Wildman–Crippen LogP) is 5.00. The minimum atomic E-state index is -0.963. The van der Waals surface area contributed by atoms with Gasteiger partial charge in [-0.05, 0) is 31.9 Å². The Morgan fingerprint density at radius 3 is 2.04 bits per heavy atom. The third kappa shape index (κ3) is 9.25. The molecule has 0 amide bonds. The van der Waals surface area contributed by atoms with Crippen molar-refractivity contribution in [3.8, 4) is 5.75 Å². The van der Waals surface area contributed by atoms with Gasteiger partial charge in [0.05, 0.1) is 13.2 Å². The normalized spacial score (nSPS) is 10.3. The van der Waals surface area contributed by atoms with Gasteiger partial charge in [-0.15, -0.1) is 0 Å². The zero-order chi connectivity index (χ0) is 19.2. The summed E-state index contributed by atoms with van der Waals surface area (Å²) in [4.78, 5) is 22.3. The second-order valence-corrected chi connectivity index (χ2v) is 6.39. The highest BCUT2D eigenvalue weighted by molar-refractivity contribution is 5.90. The maximum absolute atomic E-state index is 11.2. The first kappa shape index (κ1) is 21.7. The van der Waals surface area contributed by atoms with E-state index in [0.717, 1.165) is 38.5 Å². The van der Waals surface area contributed by atoms with Crippen LogP contribution in [0.25, 0.3) is 0 Å². The van der Waals surface area contributed by atoms with Crippen LogP contribution in [0, 0.1) is 0 Å². The first-order valence-corrected chi connectivity index (χ1v) is 9.30. The van der Waals surface area contributed by atoms with Crippen molar-refractivity contribution in [1.29, 1.82) is 0 Å². The molecule has 0 heterocycles. The summed E-state index contributed by atoms with van der Waals surface area (Å²) in [6.07, 6.45) is 8.61. The van der Waals surface area contributed by atoms with Crippen LogP contribution < -0.4 is 4.74 Å². The van der Waals surface area contributed by atoms with Gasteiger partial charge in [0.1, 0.15) is 11.3 Å².